The van der Waals surface area contributed by atoms with Crippen molar-refractivity contribution in [2.45, 2.75) is 12.3 Å². The van der Waals surface area contributed by atoms with E-state index in [1.807, 2.05) is 6.07 Å². The highest BCUT2D eigenvalue weighted by Crippen LogP contribution is 2.27. The van der Waals surface area contributed by atoms with Gasteiger partial charge in [0.05, 0.1) is 23.6 Å². The molecule has 16 heavy (non-hydrogen) atoms. The van der Waals surface area contributed by atoms with Crippen LogP contribution in [0.15, 0.2) is 18.2 Å². The molecule has 0 spiro atoms. The van der Waals surface area contributed by atoms with E-state index in [2.05, 4.69) is 4.74 Å². The molecule has 0 fully saturated rings. The second-order valence-corrected chi connectivity index (χ2v) is 4.20. The van der Waals surface area contributed by atoms with Gasteiger partial charge in [-0.3, -0.25) is 4.79 Å². The maximum absolute atomic E-state index is 11.2. The molecule has 0 radical (unpaired) electrons. The molecule has 0 aliphatic rings. The molecule has 5 heteroatoms. The number of hydrogen-bond donors (Lipinski definition) is 1. The smallest absolute Gasteiger partial charge is 0.306 e. The number of benzene rings is 1. The lowest BCUT2D eigenvalue weighted by molar-refractivity contribution is -0.141. The third-order valence-corrected chi connectivity index (χ3v) is 3.08. The normalized spacial score (nSPS) is 12.2. The van der Waals surface area contributed by atoms with Gasteiger partial charge in [-0.25, -0.2) is 0 Å². The Balaban J connectivity index is 2.86. The van der Waals surface area contributed by atoms with Gasteiger partial charge in [0.2, 0.25) is 0 Å². The fraction of sp³-hybridized carbons (Fsp3) is 0.364. The molecule has 88 valence electrons. The molecular weight excluding hydrogens is 249 g/mol. The molecule has 1 aromatic rings. The monoisotopic (exact) mass is 261 g/mol. The SMILES string of the molecule is COC(=O)CC(CN)c1ccc(Cl)c(Cl)c1. The van der Waals surface area contributed by atoms with Gasteiger partial charge in [-0.1, -0.05) is 29.3 Å². The first-order valence-corrected chi connectivity index (χ1v) is 5.56. The number of nitrogens with two attached hydrogens (primary N) is 1. The van der Waals surface area contributed by atoms with Crippen molar-refractivity contribution in [1.29, 1.82) is 0 Å². The number of methoxy groups -OCH3 is 1. The lowest BCUT2D eigenvalue weighted by atomic mass is 9.96. The van der Waals surface area contributed by atoms with Crippen LogP contribution in [0.2, 0.25) is 10.0 Å². The Morgan fingerprint density at radius 3 is 2.62 bits per heavy atom. The van der Waals surface area contributed by atoms with Crippen molar-refractivity contribution in [2.24, 2.45) is 5.73 Å². The summed E-state index contributed by atoms with van der Waals surface area (Å²) in [6.45, 7) is 0.354. The fourth-order valence-corrected chi connectivity index (χ4v) is 1.69. The largest absolute Gasteiger partial charge is 0.469 e. The highest BCUT2D eigenvalue weighted by molar-refractivity contribution is 6.42. The zero-order valence-corrected chi connectivity index (χ0v) is 10.4. The minimum atomic E-state index is -0.290. The minimum Gasteiger partial charge on any atom is -0.469 e. The van der Waals surface area contributed by atoms with Crippen molar-refractivity contribution >= 4 is 29.2 Å². The van der Waals surface area contributed by atoms with Gasteiger partial charge < -0.3 is 10.5 Å². The molecule has 0 aliphatic heterocycles. The van der Waals surface area contributed by atoms with Crippen molar-refractivity contribution in [3.05, 3.63) is 33.8 Å². The number of rotatable bonds is 4. The number of ether oxygens (including phenoxy) is 1. The number of hydrogen-bond acceptors (Lipinski definition) is 3. The van der Waals surface area contributed by atoms with E-state index in [0.717, 1.165) is 5.56 Å². The second-order valence-electron chi connectivity index (χ2n) is 3.39. The molecule has 0 saturated carbocycles. The Morgan fingerprint density at radius 1 is 1.44 bits per heavy atom. The number of halogens is 2. The molecule has 0 amide bonds. The van der Waals surface area contributed by atoms with Crippen LogP contribution in [0, 0.1) is 0 Å². The molecule has 0 aromatic heterocycles. The van der Waals surface area contributed by atoms with Gasteiger partial charge in [0.15, 0.2) is 0 Å². The Kier molecular flexibility index (Phi) is 5.06. The molecule has 1 aromatic carbocycles. The van der Waals surface area contributed by atoms with Gasteiger partial charge in [-0.05, 0) is 24.2 Å². The second kappa shape index (κ2) is 6.09. The van der Waals surface area contributed by atoms with Gasteiger partial charge >= 0.3 is 5.97 Å². The van der Waals surface area contributed by atoms with Crippen molar-refractivity contribution in [2.75, 3.05) is 13.7 Å². The number of carbonyl (C=O) groups is 1. The molecule has 0 aliphatic carbocycles. The van der Waals surface area contributed by atoms with E-state index >= 15 is 0 Å². The zero-order valence-electron chi connectivity index (χ0n) is 8.87. The van der Waals surface area contributed by atoms with Gasteiger partial charge in [0.1, 0.15) is 0 Å². The Bertz CT molecular complexity index is 382. The molecule has 0 heterocycles. The Hall–Kier alpha value is -0.770. The maximum atomic E-state index is 11.2. The molecule has 0 saturated heterocycles. The first kappa shape index (κ1) is 13.3. The van der Waals surface area contributed by atoms with Gasteiger partial charge in [-0.2, -0.15) is 0 Å². The average Bonchev–Trinajstić information content (AvgIpc) is 2.29. The Morgan fingerprint density at radius 2 is 2.12 bits per heavy atom. The zero-order chi connectivity index (χ0) is 12.1. The van der Waals surface area contributed by atoms with E-state index in [4.69, 9.17) is 28.9 Å². The van der Waals surface area contributed by atoms with Crippen LogP contribution in [0.25, 0.3) is 0 Å². The summed E-state index contributed by atoms with van der Waals surface area (Å²) in [6.07, 6.45) is 0.241. The predicted molar refractivity (Wildman–Crippen MR) is 64.9 cm³/mol. The van der Waals surface area contributed by atoms with Crippen LogP contribution in [0.1, 0.15) is 17.9 Å². The van der Waals surface area contributed by atoms with E-state index in [9.17, 15) is 4.79 Å². The van der Waals surface area contributed by atoms with Crippen molar-refractivity contribution in [3.8, 4) is 0 Å². The first-order chi connectivity index (χ1) is 7.58. The summed E-state index contributed by atoms with van der Waals surface area (Å²) in [4.78, 5) is 11.2. The third kappa shape index (κ3) is 3.37. The van der Waals surface area contributed by atoms with Crippen LogP contribution in [0.5, 0.6) is 0 Å². The summed E-state index contributed by atoms with van der Waals surface area (Å²) >= 11 is 11.7. The van der Waals surface area contributed by atoms with E-state index < -0.39 is 0 Å². The molecule has 3 nitrogen and oxygen atoms in total. The fourth-order valence-electron chi connectivity index (χ4n) is 1.39. The van der Waals surface area contributed by atoms with Gasteiger partial charge in [0, 0.05) is 5.92 Å². The number of carbonyl (C=O) groups excluding carboxylic acids is 1. The van der Waals surface area contributed by atoms with E-state index in [1.165, 1.54) is 7.11 Å². The van der Waals surface area contributed by atoms with Crippen LogP contribution in [-0.2, 0) is 9.53 Å². The van der Waals surface area contributed by atoms with Crippen molar-refractivity contribution < 1.29 is 9.53 Å². The van der Waals surface area contributed by atoms with Gasteiger partial charge in [0.25, 0.3) is 0 Å². The van der Waals surface area contributed by atoms with Crippen molar-refractivity contribution in [1.82, 2.24) is 0 Å². The molecule has 1 unspecified atom stereocenters. The summed E-state index contributed by atoms with van der Waals surface area (Å²) in [5, 5.41) is 0.946. The van der Waals surface area contributed by atoms with Crippen LogP contribution < -0.4 is 5.73 Å². The maximum Gasteiger partial charge on any atom is 0.306 e. The van der Waals surface area contributed by atoms with Crippen LogP contribution in [0.4, 0.5) is 0 Å². The van der Waals surface area contributed by atoms with E-state index in [0.29, 0.717) is 16.6 Å². The number of esters is 1. The van der Waals surface area contributed by atoms with E-state index in [1.54, 1.807) is 12.1 Å². The van der Waals surface area contributed by atoms with Crippen LogP contribution in [0.3, 0.4) is 0 Å². The molecular formula is C11H13Cl2NO2. The first-order valence-electron chi connectivity index (χ1n) is 4.80. The highest BCUT2D eigenvalue weighted by Gasteiger charge is 2.15. The minimum absolute atomic E-state index is 0.0952. The molecule has 1 rings (SSSR count). The average molecular weight is 262 g/mol. The predicted octanol–water partition coefficient (Wildman–Crippen LogP) is 2.60. The van der Waals surface area contributed by atoms with Crippen molar-refractivity contribution in [3.63, 3.8) is 0 Å². The lowest BCUT2D eigenvalue weighted by Gasteiger charge is -2.14. The summed E-state index contributed by atoms with van der Waals surface area (Å²) < 4.78 is 4.60. The molecule has 1 atom stereocenters. The summed E-state index contributed by atoms with van der Waals surface area (Å²) in [5.41, 5.74) is 6.50. The topological polar surface area (TPSA) is 52.3 Å². The highest BCUT2D eigenvalue weighted by atomic mass is 35.5. The van der Waals surface area contributed by atoms with Crippen LogP contribution in [-0.4, -0.2) is 19.6 Å². The Labute approximate surface area is 104 Å². The van der Waals surface area contributed by atoms with E-state index in [-0.39, 0.29) is 18.3 Å². The molecule has 2 N–H and O–H groups in total. The van der Waals surface area contributed by atoms with Gasteiger partial charge in [-0.15, -0.1) is 0 Å². The summed E-state index contributed by atoms with van der Waals surface area (Å²) in [5.74, 6) is -0.385. The summed E-state index contributed by atoms with van der Waals surface area (Å²) in [7, 11) is 1.35. The lowest BCUT2D eigenvalue weighted by Crippen LogP contribution is -2.17. The third-order valence-electron chi connectivity index (χ3n) is 2.34. The quantitative estimate of drug-likeness (QED) is 0.848. The van der Waals surface area contributed by atoms with Crippen LogP contribution >= 0.6 is 23.2 Å². The molecule has 0 bridgehead atoms. The summed E-state index contributed by atoms with van der Waals surface area (Å²) in [6, 6.07) is 5.23. The standard InChI is InChI=1S/C11H13Cl2NO2/c1-16-11(15)5-8(6-14)7-2-3-9(12)10(13)4-7/h2-4,8H,5-6,14H2,1H3.